The van der Waals surface area contributed by atoms with Crippen LogP contribution in [0.3, 0.4) is 0 Å². The Morgan fingerprint density at radius 2 is 1.89 bits per heavy atom. The van der Waals surface area contributed by atoms with E-state index in [1.54, 1.807) is 6.07 Å². The number of thiol groups is 1. The van der Waals surface area contributed by atoms with E-state index in [1.165, 1.54) is 0 Å². The third-order valence-electron chi connectivity index (χ3n) is 2.83. The van der Waals surface area contributed by atoms with Crippen molar-refractivity contribution >= 4 is 34.5 Å². The van der Waals surface area contributed by atoms with Crippen molar-refractivity contribution in [1.82, 2.24) is 5.32 Å². The van der Waals surface area contributed by atoms with E-state index < -0.39 is 0 Å². The predicted octanol–water partition coefficient (Wildman–Crippen LogP) is 3.98. The molecule has 0 bridgehead atoms. The Hall–Kier alpha value is -1.26. The van der Waals surface area contributed by atoms with Crippen molar-refractivity contribution in [1.29, 1.82) is 0 Å². The first-order valence-corrected chi connectivity index (χ1v) is 7.12. The average molecular weight is 336 g/mol. The van der Waals surface area contributed by atoms with Crippen LogP contribution in [-0.4, -0.2) is 5.91 Å². The van der Waals surface area contributed by atoms with Gasteiger partial charge in [0.25, 0.3) is 5.91 Å². The molecule has 98 valence electrons. The Balaban J connectivity index is 2.05. The number of aryl methyl sites for hydroxylation is 1. The van der Waals surface area contributed by atoms with Gasteiger partial charge in [-0.1, -0.05) is 34.1 Å². The van der Waals surface area contributed by atoms with Gasteiger partial charge in [0.1, 0.15) is 0 Å². The smallest absolute Gasteiger partial charge is 0.251 e. The molecular formula is C15H14BrNOS. The highest BCUT2D eigenvalue weighted by Gasteiger charge is 2.08. The standard InChI is InChI=1S/C15H14BrNOS/c1-10-2-7-13(19)8-14(10)15(18)17-9-11-3-5-12(16)6-4-11/h2-8,19H,9H2,1H3,(H,17,18). The third kappa shape index (κ3) is 3.85. The van der Waals surface area contributed by atoms with Crippen LogP contribution in [0.1, 0.15) is 21.5 Å². The second-order valence-electron chi connectivity index (χ2n) is 4.31. The normalized spacial score (nSPS) is 10.3. The number of carbonyl (C=O) groups is 1. The lowest BCUT2D eigenvalue weighted by Gasteiger charge is -2.08. The Kier molecular flexibility index (Phi) is 4.66. The summed E-state index contributed by atoms with van der Waals surface area (Å²) < 4.78 is 1.03. The molecule has 0 atom stereocenters. The van der Waals surface area contributed by atoms with Crippen LogP contribution < -0.4 is 5.32 Å². The minimum Gasteiger partial charge on any atom is -0.348 e. The van der Waals surface area contributed by atoms with Crippen LogP contribution in [0.5, 0.6) is 0 Å². The highest BCUT2D eigenvalue weighted by molar-refractivity contribution is 9.10. The molecule has 0 saturated heterocycles. The zero-order valence-electron chi connectivity index (χ0n) is 10.5. The molecule has 1 amide bonds. The summed E-state index contributed by atoms with van der Waals surface area (Å²) in [4.78, 5) is 12.9. The van der Waals surface area contributed by atoms with Gasteiger partial charge in [-0.05, 0) is 42.3 Å². The highest BCUT2D eigenvalue weighted by Crippen LogP contribution is 2.14. The second kappa shape index (κ2) is 6.26. The van der Waals surface area contributed by atoms with Crippen LogP contribution in [0.15, 0.2) is 51.8 Å². The molecule has 0 aliphatic heterocycles. The van der Waals surface area contributed by atoms with Gasteiger partial charge in [-0.15, -0.1) is 12.6 Å². The molecule has 2 rings (SSSR count). The highest BCUT2D eigenvalue weighted by atomic mass is 79.9. The van der Waals surface area contributed by atoms with E-state index in [2.05, 4.69) is 33.9 Å². The van der Waals surface area contributed by atoms with Gasteiger partial charge < -0.3 is 5.32 Å². The molecule has 0 aliphatic rings. The molecule has 0 spiro atoms. The van der Waals surface area contributed by atoms with Crippen LogP contribution in [0.4, 0.5) is 0 Å². The summed E-state index contributed by atoms with van der Waals surface area (Å²) in [5.41, 5.74) is 2.69. The Labute approximate surface area is 126 Å². The zero-order chi connectivity index (χ0) is 13.8. The monoisotopic (exact) mass is 335 g/mol. The van der Waals surface area contributed by atoms with Crippen molar-refractivity contribution in [2.24, 2.45) is 0 Å². The average Bonchev–Trinajstić information content (AvgIpc) is 2.40. The molecule has 0 unspecified atom stereocenters. The minimum atomic E-state index is -0.0729. The van der Waals surface area contributed by atoms with E-state index in [9.17, 15) is 4.79 Å². The fourth-order valence-electron chi connectivity index (χ4n) is 1.73. The molecule has 2 nitrogen and oxygen atoms in total. The molecule has 0 heterocycles. The van der Waals surface area contributed by atoms with E-state index in [0.29, 0.717) is 12.1 Å². The Morgan fingerprint density at radius 3 is 2.58 bits per heavy atom. The van der Waals surface area contributed by atoms with Gasteiger partial charge in [0.15, 0.2) is 0 Å². The van der Waals surface area contributed by atoms with Gasteiger partial charge in [0.05, 0.1) is 0 Å². The number of benzene rings is 2. The SMILES string of the molecule is Cc1ccc(S)cc1C(=O)NCc1ccc(Br)cc1. The van der Waals surface area contributed by atoms with Crippen molar-refractivity contribution in [3.05, 3.63) is 63.6 Å². The minimum absolute atomic E-state index is 0.0729. The van der Waals surface area contributed by atoms with Gasteiger partial charge in [-0.3, -0.25) is 4.79 Å². The van der Waals surface area contributed by atoms with E-state index >= 15 is 0 Å². The maximum Gasteiger partial charge on any atom is 0.251 e. The van der Waals surface area contributed by atoms with Crippen molar-refractivity contribution in [3.63, 3.8) is 0 Å². The number of hydrogen-bond donors (Lipinski definition) is 2. The first-order chi connectivity index (χ1) is 9.06. The van der Waals surface area contributed by atoms with E-state index in [0.717, 1.165) is 20.5 Å². The van der Waals surface area contributed by atoms with Crippen molar-refractivity contribution < 1.29 is 4.79 Å². The molecule has 19 heavy (non-hydrogen) atoms. The molecule has 0 aromatic heterocycles. The number of halogens is 1. The topological polar surface area (TPSA) is 29.1 Å². The summed E-state index contributed by atoms with van der Waals surface area (Å²) >= 11 is 7.64. The van der Waals surface area contributed by atoms with E-state index in [1.807, 2.05) is 43.3 Å². The fourth-order valence-corrected chi connectivity index (χ4v) is 2.20. The molecule has 1 N–H and O–H groups in total. The first-order valence-electron chi connectivity index (χ1n) is 5.88. The summed E-state index contributed by atoms with van der Waals surface area (Å²) in [6.07, 6.45) is 0. The molecule has 0 fully saturated rings. The molecule has 0 radical (unpaired) electrons. The summed E-state index contributed by atoms with van der Waals surface area (Å²) in [5.74, 6) is -0.0729. The number of hydrogen-bond acceptors (Lipinski definition) is 2. The summed E-state index contributed by atoms with van der Waals surface area (Å²) in [6.45, 7) is 2.43. The summed E-state index contributed by atoms with van der Waals surface area (Å²) in [7, 11) is 0. The maximum atomic E-state index is 12.1. The lowest BCUT2D eigenvalue weighted by Crippen LogP contribution is -2.23. The Bertz CT molecular complexity index is 596. The van der Waals surface area contributed by atoms with Crippen molar-refractivity contribution in [2.45, 2.75) is 18.4 Å². The molecule has 2 aromatic rings. The first kappa shape index (κ1) is 14.2. The maximum absolute atomic E-state index is 12.1. The molecule has 2 aromatic carbocycles. The number of nitrogens with one attached hydrogen (secondary N) is 1. The van der Waals surface area contributed by atoms with Gasteiger partial charge in [-0.2, -0.15) is 0 Å². The molecule has 4 heteroatoms. The predicted molar refractivity (Wildman–Crippen MR) is 83.7 cm³/mol. The van der Waals surface area contributed by atoms with E-state index in [4.69, 9.17) is 0 Å². The Morgan fingerprint density at radius 1 is 1.21 bits per heavy atom. The van der Waals surface area contributed by atoms with Gasteiger partial charge >= 0.3 is 0 Å². The number of amides is 1. The number of carbonyl (C=O) groups excluding carboxylic acids is 1. The fraction of sp³-hybridized carbons (Fsp3) is 0.133. The van der Waals surface area contributed by atoms with E-state index in [-0.39, 0.29) is 5.91 Å². The van der Waals surface area contributed by atoms with Crippen LogP contribution in [0.25, 0.3) is 0 Å². The van der Waals surface area contributed by atoms with Gasteiger partial charge in [-0.25, -0.2) is 0 Å². The van der Waals surface area contributed by atoms with Crippen LogP contribution in [0, 0.1) is 6.92 Å². The van der Waals surface area contributed by atoms with Gasteiger partial charge in [0.2, 0.25) is 0 Å². The lowest BCUT2D eigenvalue weighted by molar-refractivity contribution is 0.0950. The quantitative estimate of drug-likeness (QED) is 0.816. The lowest BCUT2D eigenvalue weighted by atomic mass is 10.1. The zero-order valence-corrected chi connectivity index (χ0v) is 13.0. The van der Waals surface area contributed by atoms with Crippen molar-refractivity contribution in [2.75, 3.05) is 0 Å². The summed E-state index contributed by atoms with van der Waals surface area (Å²) in [6, 6.07) is 13.4. The van der Waals surface area contributed by atoms with Crippen LogP contribution in [-0.2, 0) is 6.54 Å². The molecular weight excluding hydrogens is 322 g/mol. The van der Waals surface area contributed by atoms with Crippen LogP contribution >= 0.6 is 28.6 Å². The third-order valence-corrected chi connectivity index (χ3v) is 3.64. The molecule has 0 saturated carbocycles. The van der Waals surface area contributed by atoms with Crippen molar-refractivity contribution in [3.8, 4) is 0 Å². The van der Waals surface area contributed by atoms with Crippen LogP contribution in [0.2, 0.25) is 0 Å². The van der Waals surface area contributed by atoms with Gasteiger partial charge in [0, 0.05) is 21.5 Å². The largest absolute Gasteiger partial charge is 0.348 e. The summed E-state index contributed by atoms with van der Waals surface area (Å²) in [5, 5.41) is 2.91. The second-order valence-corrected chi connectivity index (χ2v) is 5.74. The number of rotatable bonds is 3. The molecule has 0 aliphatic carbocycles.